The van der Waals surface area contributed by atoms with Crippen LogP contribution in [0.2, 0.25) is 0 Å². The summed E-state index contributed by atoms with van der Waals surface area (Å²) < 4.78 is 9.59. The first-order valence-electron chi connectivity index (χ1n) is 6.98. The third-order valence-electron chi connectivity index (χ3n) is 3.29. The molecule has 0 radical (unpaired) electrons. The van der Waals surface area contributed by atoms with Crippen molar-refractivity contribution in [2.75, 3.05) is 13.2 Å². The second-order valence-corrected chi connectivity index (χ2v) is 5.34. The van der Waals surface area contributed by atoms with Crippen molar-refractivity contribution in [1.29, 1.82) is 5.26 Å². The van der Waals surface area contributed by atoms with Crippen LogP contribution in [0.5, 0.6) is 0 Å². The number of nitriles is 1. The minimum absolute atomic E-state index is 0.0669. The molecular formula is C15H19N3O5. The summed E-state index contributed by atoms with van der Waals surface area (Å²) in [7, 11) is 0. The van der Waals surface area contributed by atoms with Gasteiger partial charge in [0.15, 0.2) is 12.4 Å². The topological polar surface area (TPSA) is 121 Å². The van der Waals surface area contributed by atoms with E-state index in [0.717, 1.165) is 0 Å². The number of hydrogen-bond donors (Lipinski definition) is 2. The molecule has 0 saturated heterocycles. The second kappa shape index (κ2) is 7.98. The van der Waals surface area contributed by atoms with Crippen molar-refractivity contribution in [3.05, 3.63) is 24.2 Å². The summed E-state index contributed by atoms with van der Waals surface area (Å²) in [5, 5.41) is 13.9. The zero-order valence-corrected chi connectivity index (χ0v) is 13.2. The van der Waals surface area contributed by atoms with Gasteiger partial charge in [0.1, 0.15) is 12.1 Å². The Balaban J connectivity index is 2.34. The maximum Gasteiger partial charge on any atom is 0.325 e. The van der Waals surface area contributed by atoms with Crippen LogP contribution in [-0.4, -0.2) is 36.5 Å². The predicted molar refractivity (Wildman–Crippen MR) is 79.0 cm³/mol. The monoisotopic (exact) mass is 321 g/mol. The van der Waals surface area contributed by atoms with Crippen LogP contribution in [0.3, 0.4) is 0 Å². The lowest BCUT2D eigenvalue weighted by Crippen LogP contribution is -2.50. The number of amides is 2. The maximum atomic E-state index is 11.7. The number of rotatable bonds is 7. The van der Waals surface area contributed by atoms with Gasteiger partial charge in [-0.3, -0.25) is 14.4 Å². The van der Waals surface area contributed by atoms with Gasteiger partial charge in [0.2, 0.25) is 0 Å². The Hall–Kier alpha value is -2.82. The van der Waals surface area contributed by atoms with Crippen LogP contribution in [0, 0.1) is 17.2 Å². The molecule has 0 aliphatic heterocycles. The van der Waals surface area contributed by atoms with E-state index in [0.29, 0.717) is 0 Å². The van der Waals surface area contributed by atoms with Crippen LogP contribution in [0.1, 0.15) is 31.3 Å². The number of carbonyl (C=O) groups is 3. The molecule has 23 heavy (non-hydrogen) atoms. The zero-order valence-electron chi connectivity index (χ0n) is 13.2. The number of hydrogen-bond acceptors (Lipinski definition) is 6. The normalized spacial score (nSPS) is 12.8. The molecule has 2 amide bonds. The highest BCUT2D eigenvalue weighted by Gasteiger charge is 2.30. The molecule has 0 unspecified atom stereocenters. The van der Waals surface area contributed by atoms with Crippen molar-refractivity contribution >= 4 is 17.8 Å². The van der Waals surface area contributed by atoms with E-state index in [-0.39, 0.29) is 11.7 Å². The van der Waals surface area contributed by atoms with Gasteiger partial charge in [-0.15, -0.1) is 0 Å². The van der Waals surface area contributed by atoms with Gasteiger partial charge >= 0.3 is 5.97 Å². The van der Waals surface area contributed by atoms with Gasteiger partial charge in [0, 0.05) is 0 Å². The molecule has 0 saturated carbocycles. The molecule has 0 aromatic carbocycles. The van der Waals surface area contributed by atoms with E-state index < -0.39 is 36.5 Å². The van der Waals surface area contributed by atoms with E-state index in [9.17, 15) is 14.4 Å². The van der Waals surface area contributed by atoms with E-state index in [1.54, 1.807) is 26.8 Å². The largest absolute Gasteiger partial charge is 0.459 e. The van der Waals surface area contributed by atoms with Gasteiger partial charge in [-0.2, -0.15) is 5.26 Å². The second-order valence-electron chi connectivity index (χ2n) is 5.34. The van der Waals surface area contributed by atoms with Crippen molar-refractivity contribution in [3.8, 4) is 6.07 Å². The van der Waals surface area contributed by atoms with E-state index in [1.165, 1.54) is 12.3 Å². The summed E-state index contributed by atoms with van der Waals surface area (Å²) in [4.78, 5) is 34.7. The SMILES string of the molecule is CC(C)[C@](C)(C#N)NC(=O)COC(=O)CNC(=O)c1ccco1. The average molecular weight is 321 g/mol. The first-order chi connectivity index (χ1) is 10.8. The number of furan rings is 1. The lowest BCUT2D eigenvalue weighted by molar-refractivity contribution is -0.147. The van der Waals surface area contributed by atoms with Crippen molar-refractivity contribution in [2.45, 2.75) is 26.3 Å². The van der Waals surface area contributed by atoms with E-state index in [2.05, 4.69) is 10.6 Å². The summed E-state index contributed by atoms with van der Waals surface area (Å²) in [5.74, 6) is -1.97. The van der Waals surface area contributed by atoms with E-state index in [4.69, 9.17) is 14.4 Å². The highest BCUT2D eigenvalue weighted by Crippen LogP contribution is 2.14. The minimum Gasteiger partial charge on any atom is -0.459 e. The molecule has 0 fully saturated rings. The van der Waals surface area contributed by atoms with Crippen LogP contribution >= 0.6 is 0 Å². The molecule has 0 spiro atoms. The Bertz CT molecular complexity index is 603. The van der Waals surface area contributed by atoms with Crippen LogP contribution in [0.25, 0.3) is 0 Å². The fourth-order valence-electron chi connectivity index (χ4n) is 1.47. The molecule has 2 N–H and O–H groups in total. The summed E-state index contributed by atoms with van der Waals surface area (Å²) in [6, 6.07) is 5.00. The van der Waals surface area contributed by atoms with Crippen molar-refractivity contribution in [3.63, 3.8) is 0 Å². The van der Waals surface area contributed by atoms with Gasteiger partial charge in [-0.25, -0.2) is 0 Å². The number of ether oxygens (including phenoxy) is 1. The molecule has 0 aliphatic rings. The predicted octanol–water partition coefficient (Wildman–Crippen LogP) is 0.607. The van der Waals surface area contributed by atoms with Gasteiger partial charge in [0.05, 0.1) is 12.3 Å². The fourth-order valence-corrected chi connectivity index (χ4v) is 1.47. The van der Waals surface area contributed by atoms with Crippen molar-refractivity contribution in [1.82, 2.24) is 10.6 Å². The Kier molecular flexibility index (Phi) is 6.33. The molecule has 1 aromatic rings. The molecule has 1 aromatic heterocycles. The Morgan fingerprint density at radius 1 is 1.43 bits per heavy atom. The molecule has 0 bridgehead atoms. The van der Waals surface area contributed by atoms with Gasteiger partial charge in [-0.05, 0) is 25.0 Å². The van der Waals surface area contributed by atoms with Gasteiger partial charge < -0.3 is 19.8 Å². The first-order valence-corrected chi connectivity index (χ1v) is 6.98. The lowest BCUT2D eigenvalue weighted by Gasteiger charge is -2.27. The summed E-state index contributed by atoms with van der Waals surface area (Å²) in [5.41, 5.74) is -1.04. The van der Waals surface area contributed by atoms with Crippen molar-refractivity contribution in [2.24, 2.45) is 5.92 Å². The first kappa shape index (κ1) is 18.2. The third-order valence-corrected chi connectivity index (χ3v) is 3.29. The zero-order chi connectivity index (χ0) is 17.5. The van der Waals surface area contributed by atoms with Gasteiger partial charge in [-0.1, -0.05) is 13.8 Å². The number of nitrogens with zero attached hydrogens (tertiary/aromatic N) is 1. The van der Waals surface area contributed by atoms with Crippen molar-refractivity contribution < 1.29 is 23.5 Å². The molecule has 1 heterocycles. The van der Waals surface area contributed by atoms with Crippen LogP contribution < -0.4 is 10.6 Å². The van der Waals surface area contributed by atoms with Gasteiger partial charge in [0.25, 0.3) is 11.8 Å². The lowest BCUT2D eigenvalue weighted by atomic mass is 9.90. The van der Waals surface area contributed by atoms with E-state index in [1.807, 2.05) is 6.07 Å². The Morgan fingerprint density at radius 3 is 2.65 bits per heavy atom. The molecule has 1 rings (SSSR count). The Morgan fingerprint density at radius 2 is 2.13 bits per heavy atom. The molecular weight excluding hydrogens is 302 g/mol. The molecule has 0 aliphatic carbocycles. The number of esters is 1. The van der Waals surface area contributed by atoms with Crippen LogP contribution in [0.15, 0.2) is 22.8 Å². The molecule has 8 nitrogen and oxygen atoms in total. The quantitative estimate of drug-likeness (QED) is 0.710. The molecule has 124 valence electrons. The standard InChI is InChI=1S/C15H19N3O5/c1-10(2)15(3,9-16)18-12(19)8-23-13(20)7-17-14(21)11-5-4-6-22-11/h4-6,10H,7-8H2,1-3H3,(H,17,21)(H,18,19)/t15-/m0/s1. The number of nitrogens with one attached hydrogen (secondary N) is 2. The molecule has 1 atom stereocenters. The van der Waals surface area contributed by atoms with Crippen LogP contribution in [-0.2, 0) is 14.3 Å². The van der Waals surface area contributed by atoms with Crippen LogP contribution in [0.4, 0.5) is 0 Å². The highest BCUT2D eigenvalue weighted by atomic mass is 16.5. The van der Waals surface area contributed by atoms with E-state index >= 15 is 0 Å². The minimum atomic E-state index is -1.04. The fraction of sp³-hybridized carbons (Fsp3) is 0.467. The number of carbonyl (C=O) groups excluding carboxylic acids is 3. The Labute approximate surface area is 133 Å². The molecule has 8 heteroatoms. The average Bonchev–Trinajstić information content (AvgIpc) is 3.04. The summed E-state index contributed by atoms with van der Waals surface area (Å²) >= 11 is 0. The summed E-state index contributed by atoms with van der Waals surface area (Å²) in [6.45, 7) is 4.24. The maximum absolute atomic E-state index is 11.7. The smallest absolute Gasteiger partial charge is 0.325 e. The summed E-state index contributed by atoms with van der Waals surface area (Å²) in [6.07, 6.45) is 1.33. The highest BCUT2D eigenvalue weighted by molar-refractivity contribution is 5.93. The third kappa shape index (κ3) is 5.47.